The van der Waals surface area contributed by atoms with E-state index in [4.69, 9.17) is 30.5 Å². The number of nitrogens with zero attached hydrogens (tertiary/aromatic N) is 2. The molecule has 0 radical (unpaired) electrons. The molecular weight excluding hydrogens is 783 g/mol. The van der Waals surface area contributed by atoms with E-state index in [1.165, 1.54) is 29.2 Å². The third-order valence-corrected chi connectivity index (χ3v) is 9.26. The summed E-state index contributed by atoms with van der Waals surface area (Å²) in [5.74, 6) is 1.22. The fraction of sp³-hybridized carbons (Fsp3) is 0.219. The second-order valence-electron chi connectivity index (χ2n) is 9.48. The lowest BCUT2D eigenvalue weighted by molar-refractivity contribution is -0.136. The van der Waals surface area contributed by atoms with Gasteiger partial charge in [-0.2, -0.15) is 0 Å². The number of carbonyl (C=O) groups is 1. The van der Waals surface area contributed by atoms with Gasteiger partial charge in [0.2, 0.25) is 0 Å². The van der Waals surface area contributed by atoms with E-state index in [1.807, 2.05) is 62.4 Å². The first-order chi connectivity index (χ1) is 21.2. The van der Waals surface area contributed by atoms with Gasteiger partial charge < -0.3 is 18.9 Å². The minimum Gasteiger partial charge on any atom is -0.490 e. The number of halogens is 3. The zero-order valence-electron chi connectivity index (χ0n) is 23.9. The van der Waals surface area contributed by atoms with Crippen molar-refractivity contribution in [2.75, 3.05) is 20.3 Å². The lowest BCUT2D eigenvalue weighted by atomic mass is 9.97. The molecular formula is C32H27BrClIN2O6S. The average molecular weight is 810 g/mol. The number of carbonyl (C=O) groups excluding carboxylic acids is 1. The Morgan fingerprint density at radius 1 is 1.07 bits per heavy atom. The highest BCUT2D eigenvalue weighted by atomic mass is 127. The van der Waals surface area contributed by atoms with Crippen molar-refractivity contribution in [3.63, 3.8) is 0 Å². The van der Waals surface area contributed by atoms with Crippen LogP contribution in [0.15, 0.2) is 80.6 Å². The number of benzene rings is 3. The largest absolute Gasteiger partial charge is 0.490 e. The smallest absolute Gasteiger partial charge is 0.337 e. The Morgan fingerprint density at radius 3 is 2.48 bits per heavy atom. The Morgan fingerprint density at radius 2 is 1.80 bits per heavy atom. The first-order valence-corrected chi connectivity index (χ1v) is 16.7. The summed E-state index contributed by atoms with van der Waals surface area (Å²) >= 11 is 13.1. The molecule has 1 atom stereocenters. The highest BCUT2D eigenvalue weighted by Gasteiger charge is 2.31. The molecule has 12 heteroatoms. The maximum Gasteiger partial charge on any atom is 0.337 e. The normalized spacial score (nSPS) is 14.4. The SMILES string of the molecule is CCOc1ccc([C@@H]2C(C(=O)OC)=CN=c3s/c(=C\c4cc(Br)c(OCc5ccc(Cl)cc5)c(I)c4)c(=O)n32)cc1OCC. The summed E-state index contributed by atoms with van der Waals surface area (Å²) in [6.07, 6.45) is 3.27. The Hall–Kier alpha value is -3.13. The molecule has 1 aromatic heterocycles. The van der Waals surface area contributed by atoms with E-state index >= 15 is 0 Å². The van der Waals surface area contributed by atoms with Crippen molar-refractivity contribution in [3.05, 3.63) is 116 Å². The maximum atomic E-state index is 14.0. The predicted octanol–water partition coefficient (Wildman–Crippen LogP) is 6.42. The fourth-order valence-electron chi connectivity index (χ4n) is 4.68. The molecule has 0 amide bonds. The molecule has 44 heavy (non-hydrogen) atoms. The van der Waals surface area contributed by atoms with Crippen LogP contribution in [-0.2, 0) is 16.1 Å². The van der Waals surface area contributed by atoms with Gasteiger partial charge in [-0.1, -0.05) is 41.1 Å². The third kappa shape index (κ3) is 6.90. The van der Waals surface area contributed by atoms with Gasteiger partial charge in [0.05, 0.1) is 44.5 Å². The molecule has 1 aliphatic heterocycles. The molecule has 2 heterocycles. The van der Waals surface area contributed by atoms with Crippen LogP contribution in [0.25, 0.3) is 6.08 Å². The second-order valence-corrected chi connectivity index (χ2v) is 12.9. The van der Waals surface area contributed by atoms with E-state index in [0.717, 1.165) is 19.2 Å². The molecule has 3 aromatic carbocycles. The molecule has 0 unspecified atom stereocenters. The predicted molar refractivity (Wildman–Crippen MR) is 183 cm³/mol. The molecule has 0 N–H and O–H groups in total. The van der Waals surface area contributed by atoms with E-state index in [1.54, 1.807) is 12.1 Å². The maximum absolute atomic E-state index is 14.0. The molecule has 0 saturated heterocycles. The highest BCUT2D eigenvalue weighted by molar-refractivity contribution is 14.1. The van der Waals surface area contributed by atoms with Gasteiger partial charge in [0.1, 0.15) is 12.4 Å². The molecule has 0 bridgehead atoms. The monoisotopic (exact) mass is 808 g/mol. The number of thiazole rings is 1. The van der Waals surface area contributed by atoms with Gasteiger partial charge in [-0.25, -0.2) is 9.79 Å². The van der Waals surface area contributed by atoms with Crippen LogP contribution in [0.4, 0.5) is 0 Å². The zero-order valence-corrected chi connectivity index (χ0v) is 29.3. The Bertz CT molecular complexity index is 1900. The summed E-state index contributed by atoms with van der Waals surface area (Å²) in [6, 6.07) is 15.9. The van der Waals surface area contributed by atoms with Crippen LogP contribution in [0.1, 0.15) is 36.6 Å². The lowest BCUT2D eigenvalue weighted by Gasteiger charge is -2.23. The van der Waals surface area contributed by atoms with Crippen molar-refractivity contribution in [1.29, 1.82) is 0 Å². The number of hydrogen-bond acceptors (Lipinski definition) is 8. The van der Waals surface area contributed by atoms with E-state index < -0.39 is 12.0 Å². The molecule has 1 aliphatic rings. The number of methoxy groups -OCH3 is 1. The third-order valence-electron chi connectivity index (χ3n) is 6.62. The van der Waals surface area contributed by atoms with Gasteiger partial charge >= 0.3 is 5.97 Å². The van der Waals surface area contributed by atoms with Crippen molar-refractivity contribution < 1.29 is 23.7 Å². The van der Waals surface area contributed by atoms with Crippen LogP contribution in [0.2, 0.25) is 5.02 Å². The zero-order chi connectivity index (χ0) is 31.4. The van der Waals surface area contributed by atoms with E-state index in [9.17, 15) is 9.59 Å². The minimum atomic E-state index is -0.772. The summed E-state index contributed by atoms with van der Waals surface area (Å²) in [5.41, 5.74) is 2.40. The van der Waals surface area contributed by atoms with E-state index in [-0.39, 0.29) is 11.1 Å². The molecule has 0 aliphatic carbocycles. The lowest BCUT2D eigenvalue weighted by Crippen LogP contribution is -2.39. The van der Waals surface area contributed by atoms with Gasteiger partial charge in [0.15, 0.2) is 16.3 Å². The quantitative estimate of drug-likeness (QED) is 0.136. The Labute approximate surface area is 284 Å². The Kier molecular flexibility index (Phi) is 10.5. The van der Waals surface area contributed by atoms with E-state index in [0.29, 0.717) is 57.0 Å². The van der Waals surface area contributed by atoms with Crippen molar-refractivity contribution in [2.24, 2.45) is 4.99 Å². The van der Waals surface area contributed by atoms with Gasteiger partial charge in [-0.3, -0.25) is 9.36 Å². The van der Waals surface area contributed by atoms with E-state index in [2.05, 4.69) is 43.5 Å². The molecule has 0 fully saturated rings. The van der Waals surface area contributed by atoms with Crippen LogP contribution >= 0.6 is 61.5 Å². The topological polar surface area (TPSA) is 88.4 Å². The second kappa shape index (κ2) is 14.3. The molecule has 4 aromatic rings. The van der Waals surface area contributed by atoms with Crippen LogP contribution < -0.4 is 29.1 Å². The minimum absolute atomic E-state index is 0.234. The standard InChI is InChI=1S/C32H27BrClIN2O6S/c1-4-41-25-11-8-20(15-26(25)42-5-2)28-22(31(39)40-3)16-36-32-37(28)30(38)27(44-32)14-19-12-23(33)29(24(35)13-19)43-17-18-6-9-21(34)10-7-18/h6-16,28H,4-5,17H2,1-3H3/b27-14-/t28-/m1/s1. The van der Waals surface area contributed by atoms with Gasteiger partial charge in [-0.15, -0.1) is 0 Å². The van der Waals surface area contributed by atoms with Crippen LogP contribution in [0.5, 0.6) is 17.2 Å². The Balaban J connectivity index is 1.54. The molecule has 0 saturated carbocycles. The first-order valence-electron chi connectivity index (χ1n) is 13.6. The summed E-state index contributed by atoms with van der Waals surface area (Å²) in [5, 5.41) is 0.668. The molecule has 228 valence electrons. The number of ether oxygens (including phenoxy) is 4. The fourth-order valence-corrected chi connectivity index (χ4v) is 7.54. The van der Waals surface area contributed by atoms with Gasteiger partial charge in [0, 0.05) is 11.2 Å². The number of esters is 1. The van der Waals surface area contributed by atoms with Crippen LogP contribution in [0, 0.1) is 3.57 Å². The van der Waals surface area contributed by atoms with Gasteiger partial charge in [-0.05, 0) is 112 Å². The first kappa shape index (κ1) is 32.3. The molecule has 5 rings (SSSR count). The summed E-state index contributed by atoms with van der Waals surface area (Å²) in [6.45, 7) is 5.03. The van der Waals surface area contributed by atoms with Crippen molar-refractivity contribution in [1.82, 2.24) is 4.57 Å². The summed E-state index contributed by atoms with van der Waals surface area (Å²) in [7, 11) is 1.30. The number of rotatable bonds is 10. The molecule has 0 spiro atoms. The number of aromatic nitrogens is 1. The van der Waals surface area contributed by atoms with Crippen molar-refractivity contribution in [2.45, 2.75) is 26.5 Å². The van der Waals surface area contributed by atoms with Gasteiger partial charge in [0.25, 0.3) is 5.56 Å². The van der Waals surface area contributed by atoms with Crippen LogP contribution in [-0.4, -0.2) is 30.9 Å². The summed E-state index contributed by atoms with van der Waals surface area (Å²) in [4.78, 5) is 31.7. The summed E-state index contributed by atoms with van der Waals surface area (Å²) < 4.78 is 26.3. The highest BCUT2D eigenvalue weighted by Crippen LogP contribution is 2.36. The average Bonchev–Trinajstić information content (AvgIpc) is 3.32. The number of hydrogen-bond donors (Lipinski definition) is 0. The van der Waals surface area contributed by atoms with Crippen molar-refractivity contribution >= 4 is 73.5 Å². The number of fused-ring (bicyclic) bond motifs is 1. The van der Waals surface area contributed by atoms with Crippen LogP contribution in [0.3, 0.4) is 0 Å². The molecule has 8 nitrogen and oxygen atoms in total. The van der Waals surface area contributed by atoms with Crippen molar-refractivity contribution in [3.8, 4) is 17.2 Å².